The first-order valence-electron chi connectivity index (χ1n) is 7.72. The molecule has 0 saturated carbocycles. The van der Waals surface area contributed by atoms with Gasteiger partial charge in [-0.1, -0.05) is 18.2 Å². The number of hydrogen-bond acceptors (Lipinski definition) is 4. The van der Waals surface area contributed by atoms with Crippen LogP contribution in [0.25, 0.3) is 0 Å². The van der Waals surface area contributed by atoms with Crippen LogP contribution in [0.2, 0.25) is 0 Å². The van der Waals surface area contributed by atoms with Crippen LogP contribution in [0.3, 0.4) is 0 Å². The third-order valence-corrected chi connectivity index (χ3v) is 3.42. The molecule has 0 unspecified atom stereocenters. The fourth-order valence-corrected chi connectivity index (χ4v) is 2.12. The van der Waals surface area contributed by atoms with Gasteiger partial charge in [0.2, 0.25) is 5.89 Å². The molecule has 1 aromatic carbocycles. The average molecular weight is 444 g/mol. The van der Waals surface area contributed by atoms with E-state index in [2.05, 4.69) is 20.6 Å². The Labute approximate surface area is 160 Å². The molecule has 1 aromatic heterocycles. The maximum absolute atomic E-state index is 5.62. The lowest BCUT2D eigenvalue weighted by Gasteiger charge is -2.13. The van der Waals surface area contributed by atoms with Gasteiger partial charge in [0.1, 0.15) is 11.5 Å². The van der Waals surface area contributed by atoms with Gasteiger partial charge < -0.3 is 19.8 Å². The Morgan fingerprint density at radius 3 is 2.54 bits per heavy atom. The molecule has 0 spiro atoms. The van der Waals surface area contributed by atoms with Crippen molar-refractivity contribution in [2.45, 2.75) is 33.9 Å². The summed E-state index contributed by atoms with van der Waals surface area (Å²) in [6.07, 6.45) is 0. The zero-order chi connectivity index (χ0) is 16.7. The van der Waals surface area contributed by atoms with Gasteiger partial charge >= 0.3 is 0 Å². The van der Waals surface area contributed by atoms with Crippen LogP contribution in [0.1, 0.15) is 29.8 Å². The molecule has 0 saturated heterocycles. The van der Waals surface area contributed by atoms with Crippen LogP contribution in [0.5, 0.6) is 5.75 Å². The molecule has 0 atom stereocenters. The van der Waals surface area contributed by atoms with Crippen molar-refractivity contribution in [3.63, 3.8) is 0 Å². The van der Waals surface area contributed by atoms with Gasteiger partial charge in [0.05, 0.1) is 18.8 Å². The number of aliphatic imine (C=N–C) groups is 1. The van der Waals surface area contributed by atoms with Crippen molar-refractivity contribution in [1.82, 2.24) is 15.6 Å². The van der Waals surface area contributed by atoms with Crippen molar-refractivity contribution >= 4 is 29.9 Å². The summed E-state index contributed by atoms with van der Waals surface area (Å²) in [6, 6.07) is 7.96. The molecule has 6 nitrogen and oxygen atoms in total. The van der Waals surface area contributed by atoms with E-state index < -0.39 is 0 Å². The number of nitrogens with one attached hydrogen (secondary N) is 2. The van der Waals surface area contributed by atoms with Crippen molar-refractivity contribution in [1.29, 1.82) is 0 Å². The average Bonchev–Trinajstić information content (AvgIpc) is 2.87. The predicted octanol–water partition coefficient (Wildman–Crippen LogP) is 3.17. The number of rotatable bonds is 6. The smallest absolute Gasteiger partial charge is 0.214 e. The fourth-order valence-electron chi connectivity index (χ4n) is 2.12. The van der Waals surface area contributed by atoms with E-state index in [9.17, 15) is 0 Å². The fraction of sp³-hybridized carbons (Fsp3) is 0.412. The molecular formula is C17H25IN4O2. The summed E-state index contributed by atoms with van der Waals surface area (Å²) in [7, 11) is 1.73. The topological polar surface area (TPSA) is 71.7 Å². The van der Waals surface area contributed by atoms with E-state index in [4.69, 9.17) is 9.15 Å². The van der Waals surface area contributed by atoms with Gasteiger partial charge in [-0.25, -0.2) is 4.98 Å². The Morgan fingerprint density at radius 2 is 1.92 bits per heavy atom. The molecular weight excluding hydrogens is 419 g/mol. The van der Waals surface area contributed by atoms with Crippen molar-refractivity contribution < 1.29 is 9.15 Å². The molecule has 2 aromatic rings. The molecule has 7 heteroatoms. The SMILES string of the molecule is CCOc1ccccc1CNC(=NC)NCc1nc(C)c(C)o1.I. The monoisotopic (exact) mass is 444 g/mol. The highest BCUT2D eigenvalue weighted by Crippen LogP contribution is 2.17. The number of ether oxygens (including phenoxy) is 1. The van der Waals surface area contributed by atoms with Gasteiger partial charge in [0.15, 0.2) is 5.96 Å². The molecule has 0 aliphatic heterocycles. The number of oxazole rings is 1. The van der Waals surface area contributed by atoms with Gasteiger partial charge in [-0.2, -0.15) is 0 Å². The first kappa shape index (κ1) is 20.3. The first-order chi connectivity index (χ1) is 11.1. The van der Waals surface area contributed by atoms with Gasteiger partial charge in [-0.15, -0.1) is 24.0 Å². The molecule has 0 radical (unpaired) electrons. The summed E-state index contributed by atoms with van der Waals surface area (Å²) in [5.74, 6) is 3.06. The third-order valence-electron chi connectivity index (χ3n) is 3.42. The molecule has 24 heavy (non-hydrogen) atoms. The van der Waals surface area contributed by atoms with E-state index in [0.29, 0.717) is 31.5 Å². The molecule has 132 valence electrons. The number of hydrogen-bond donors (Lipinski definition) is 2. The number of halogens is 1. The van der Waals surface area contributed by atoms with Gasteiger partial charge in [-0.05, 0) is 26.8 Å². The Kier molecular flexibility index (Phi) is 8.59. The second kappa shape index (κ2) is 10.2. The lowest BCUT2D eigenvalue weighted by molar-refractivity contribution is 0.336. The summed E-state index contributed by atoms with van der Waals surface area (Å²) < 4.78 is 11.2. The minimum atomic E-state index is 0. The third kappa shape index (κ3) is 5.70. The first-order valence-corrected chi connectivity index (χ1v) is 7.72. The van der Waals surface area contributed by atoms with Crippen molar-refractivity contribution in [2.24, 2.45) is 4.99 Å². The normalized spacial score (nSPS) is 10.9. The molecule has 1 heterocycles. The van der Waals surface area contributed by atoms with E-state index in [1.54, 1.807) is 7.05 Å². The van der Waals surface area contributed by atoms with Gasteiger partial charge in [0.25, 0.3) is 0 Å². The van der Waals surface area contributed by atoms with Gasteiger partial charge in [0, 0.05) is 19.2 Å². The predicted molar refractivity (Wildman–Crippen MR) is 106 cm³/mol. The summed E-state index contributed by atoms with van der Waals surface area (Å²) in [5, 5.41) is 6.46. The molecule has 0 bridgehead atoms. The van der Waals surface area contributed by atoms with Crippen LogP contribution >= 0.6 is 24.0 Å². The number of benzene rings is 1. The summed E-state index contributed by atoms with van der Waals surface area (Å²) in [5.41, 5.74) is 2.00. The van der Waals surface area contributed by atoms with Crippen LogP contribution in [-0.4, -0.2) is 24.6 Å². The highest BCUT2D eigenvalue weighted by molar-refractivity contribution is 14.0. The molecule has 2 N–H and O–H groups in total. The highest BCUT2D eigenvalue weighted by Gasteiger charge is 2.07. The quantitative estimate of drug-likeness (QED) is 0.407. The Bertz CT molecular complexity index is 651. The largest absolute Gasteiger partial charge is 0.494 e. The van der Waals surface area contributed by atoms with E-state index in [1.807, 2.05) is 45.0 Å². The van der Waals surface area contributed by atoms with Crippen LogP contribution < -0.4 is 15.4 Å². The molecule has 2 rings (SSSR count). The minimum Gasteiger partial charge on any atom is -0.494 e. The summed E-state index contributed by atoms with van der Waals surface area (Å²) >= 11 is 0. The maximum Gasteiger partial charge on any atom is 0.214 e. The Hall–Kier alpha value is -1.77. The highest BCUT2D eigenvalue weighted by atomic mass is 127. The number of guanidine groups is 1. The van der Waals surface area contributed by atoms with Crippen molar-refractivity contribution in [3.8, 4) is 5.75 Å². The maximum atomic E-state index is 5.62. The summed E-state index contributed by atoms with van der Waals surface area (Å²) in [6.45, 7) is 7.57. The number of aryl methyl sites for hydroxylation is 2. The lowest BCUT2D eigenvalue weighted by Crippen LogP contribution is -2.36. The Balaban J connectivity index is 0.00000288. The lowest BCUT2D eigenvalue weighted by atomic mass is 10.2. The van der Waals surface area contributed by atoms with Crippen LogP contribution in [0.15, 0.2) is 33.7 Å². The summed E-state index contributed by atoms with van der Waals surface area (Å²) in [4.78, 5) is 8.55. The molecule has 0 fully saturated rings. The zero-order valence-corrected chi connectivity index (χ0v) is 16.9. The van der Waals surface area contributed by atoms with E-state index in [1.165, 1.54) is 0 Å². The van der Waals surface area contributed by atoms with Crippen molar-refractivity contribution in [2.75, 3.05) is 13.7 Å². The molecule has 0 aliphatic carbocycles. The van der Waals surface area contributed by atoms with E-state index >= 15 is 0 Å². The molecule has 0 aliphatic rings. The number of aromatic nitrogens is 1. The molecule has 0 amide bonds. The number of nitrogens with zero attached hydrogens (tertiary/aromatic N) is 2. The van der Waals surface area contributed by atoms with E-state index in [0.717, 1.165) is 22.8 Å². The Morgan fingerprint density at radius 1 is 1.21 bits per heavy atom. The van der Waals surface area contributed by atoms with Crippen molar-refractivity contribution in [3.05, 3.63) is 47.2 Å². The second-order valence-electron chi connectivity index (χ2n) is 5.07. The zero-order valence-electron chi connectivity index (χ0n) is 14.5. The van der Waals surface area contributed by atoms with Crippen LogP contribution in [0.4, 0.5) is 0 Å². The van der Waals surface area contributed by atoms with Crippen LogP contribution in [0, 0.1) is 13.8 Å². The van der Waals surface area contributed by atoms with E-state index in [-0.39, 0.29) is 24.0 Å². The minimum absolute atomic E-state index is 0. The van der Waals surface area contributed by atoms with Crippen LogP contribution in [-0.2, 0) is 13.1 Å². The number of para-hydroxylation sites is 1. The van der Waals surface area contributed by atoms with Gasteiger partial charge in [-0.3, -0.25) is 4.99 Å². The second-order valence-corrected chi connectivity index (χ2v) is 5.07. The standard InChI is InChI=1S/C17H24N4O2.HI/c1-5-22-15-9-7-6-8-14(15)10-19-17(18-4)20-11-16-21-12(2)13(3)23-16;/h6-9H,5,10-11H2,1-4H3,(H2,18,19,20);1H.